The molecule has 3 N–H and O–H groups in total. The molecule has 1 aliphatic carbocycles. The van der Waals surface area contributed by atoms with Gasteiger partial charge in [-0.3, -0.25) is 11.3 Å². The van der Waals surface area contributed by atoms with Crippen molar-refractivity contribution in [3.8, 4) is 0 Å². The van der Waals surface area contributed by atoms with Crippen molar-refractivity contribution < 1.29 is 4.74 Å². The normalized spacial score (nSPS) is 20.8. The Labute approximate surface area is 118 Å². The van der Waals surface area contributed by atoms with Crippen LogP contribution in [0.25, 0.3) is 0 Å². The Morgan fingerprint density at radius 1 is 1.44 bits per heavy atom. The smallest absolute Gasteiger partial charge is 0.0931 e. The molecule has 1 fully saturated rings. The van der Waals surface area contributed by atoms with Crippen molar-refractivity contribution in [1.29, 1.82) is 0 Å². The van der Waals surface area contributed by atoms with Gasteiger partial charge in [-0.05, 0) is 25.0 Å². The molecule has 0 aliphatic heterocycles. The molecule has 1 aromatic heterocycles. The van der Waals surface area contributed by atoms with Crippen LogP contribution in [0.15, 0.2) is 12.1 Å². The summed E-state index contributed by atoms with van der Waals surface area (Å²) in [6.45, 7) is 0. The Bertz CT molecular complexity index is 377. The van der Waals surface area contributed by atoms with E-state index >= 15 is 0 Å². The minimum atomic E-state index is -0.122. The molecule has 0 radical (unpaired) electrons. The van der Waals surface area contributed by atoms with Gasteiger partial charge in [-0.2, -0.15) is 0 Å². The molecule has 0 aromatic carbocycles. The van der Waals surface area contributed by atoms with Gasteiger partial charge >= 0.3 is 0 Å². The van der Waals surface area contributed by atoms with E-state index < -0.39 is 0 Å². The molecule has 1 unspecified atom stereocenters. The number of nitrogens with one attached hydrogen (secondary N) is 1. The molecule has 1 aliphatic rings. The van der Waals surface area contributed by atoms with E-state index in [9.17, 15) is 0 Å². The second kappa shape index (κ2) is 6.35. The summed E-state index contributed by atoms with van der Waals surface area (Å²) in [6.07, 6.45) is 6.78. The zero-order valence-corrected chi connectivity index (χ0v) is 12.3. The lowest BCUT2D eigenvalue weighted by Gasteiger charge is -2.42. The molecule has 0 amide bonds. The van der Waals surface area contributed by atoms with Crippen LogP contribution < -0.4 is 11.3 Å². The van der Waals surface area contributed by atoms with Gasteiger partial charge in [0.25, 0.3) is 0 Å². The van der Waals surface area contributed by atoms with Crippen molar-refractivity contribution in [2.45, 2.75) is 50.2 Å². The summed E-state index contributed by atoms with van der Waals surface area (Å²) in [5.41, 5.74) is 2.84. The van der Waals surface area contributed by atoms with E-state index in [1.54, 1.807) is 18.4 Å². The molecule has 5 heteroatoms. The van der Waals surface area contributed by atoms with E-state index in [0.29, 0.717) is 0 Å². The van der Waals surface area contributed by atoms with Crippen molar-refractivity contribution >= 4 is 22.9 Å². The lowest BCUT2D eigenvalue weighted by atomic mass is 9.78. The van der Waals surface area contributed by atoms with E-state index in [-0.39, 0.29) is 11.6 Å². The van der Waals surface area contributed by atoms with Crippen LogP contribution in [0, 0.1) is 0 Å². The molecular weight excluding hydrogens is 268 g/mol. The molecule has 102 valence electrons. The number of ether oxygens (including phenoxy) is 1. The minimum Gasteiger partial charge on any atom is -0.377 e. The maximum absolute atomic E-state index is 5.98. The van der Waals surface area contributed by atoms with Crippen molar-refractivity contribution in [3.63, 3.8) is 0 Å². The van der Waals surface area contributed by atoms with Crippen LogP contribution in [0.2, 0.25) is 4.34 Å². The summed E-state index contributed by atoms with van der Waals surface area (Å²) >= 11 is 7.60. The molecule has 1 heterocycles. The number of rotatable bonds is 5. The van der Waals surface area contributed by atoms with Gasteiger partial charge in [0.2, 0.25) is 0 Å². The first-order valence-corrected chi connectivity index (χ1v) is 7.65. The predicted molar refractivity (Wildman–Crippen MR) is 77.0 cm³/mol. The fourth-order valence-corrected chi connectivity index (χ4v) is 4.04. The van der Waals surface area contributed by atoms with Gasteiger partial charge in [0.05, 0.1) is 16.0 Å². The molecule has 0 spiro atoms. The second-order valence-electron chi connectivity index (χ2n) is 4.96. The topological polar surface area (TPSA) is 47.3 Å². The minimum absolute atomic E-state index is 0.122. The Morgan fingerprint density at radius 3 is 2.67 bits per heavy atom. The summed E-state index contributed by atoms with van der Waals surface area (Å²) in [5.74, 6) is 5.76. The van der Waals surface area contributed by atoms with E-state index in [1.165, 1.54) is 24.1 Å². The molecule has 1 aromatic rings. The van der Waals surface area contributed by atoms with Gasteiger partial charge in [0.15, 0.2) is 0 Å². The fourth-order valence-electron chi connectivity index (χ4n) is 2.90. The van der Waals surface area contributed by atoms with Crippen LogP contribution in [0.1, 0.15) is 37.0 Å². The maximum Gasteiger partial charge on any atom is 0.0931 e. The van der Waals surface area contributed by atoms with Gasteiger partial charge < -0.3 is 4.74 Å². The monoisotopic (exact) mass is 288 g/mol. The highest BCUT2D eigenvalue weighted by Crippen LogP contribution is 2.36. The summed E-state index contributed by atoms with van der Waals surface area (Å²) in [6, 6.07) is 4.16. The summed E-state index contributed by atoms with van der Waals surface area (Å²) in [7, 11) is 1.80. The number of methoxy groups -OCH3 is 1. The van der Waals surface area contributed by atoms with Gasteiger partial charge in [-0.25, -0.2) is 0 Å². The molecular formula is C13H21ClN2OS. The summed E-state index contributed by atoms with van der Waals surface area (Å²) < 4.78 is 6.67. The number of hydrogen-bond donors (Lipinski definition) is 2. The summed E-state index contributed by atoms with van der Waals surface area (Å²) in [5, 5.41) is 0. The van der Waals surface area contributed by atoms with Gasteiger partial charge in [0.1, 0.15) is 0 Å². The van der Waals surface area contributed by atoms with Crippen molar-refractivity contribution in [2.75, 3.05) is 7.11 Å². The highest BCUT2D eigenvalue weighted by atomic mass is 35.5. The van der Waals surface area contributed by atoms with Crippen molar-refractivity contribution in [1.82, 2.24) is 5.43 Å². The second-order valence-corrected chi connectivity index (χ2v) is 6.76. The van der Waals surface area contributed by atoms with Crippen LogP contribution in [-0.2, 0) is 11.2 Å². The average molecular weight is 289 g/mol. The molecule has 18 heavy (non-hydrogen) atoms. The lowest BCUT2D eigenvalue weighted by Crippen LogP contribution is -2.56. The standard InChI is InChI=1S/C13H21ClN2OS/c1-17-13(7-3-2-4-8-13)11(16-15)9-10-5-6-12(14)18-10/h5-6,11,16H,2-4,7-9,15H2,1H3. The van der Waals surface area contributed by atoms with Crippen LogP contribution in [-0.4, -0.2) is 18.8 Å². The number of thiophene rings is 1. The predicted octanol–water partition coefficient (Wildman–Crippen LogP) is 3.13. The SMILES string of the molecule is COC1(C(Cc2ccc(Cl)s2)NN)CCCCC1. The zero-order valence-electron chi connectivity index (χ0n) is 10.7. The lowest BCUT2D eigenvalue weighted by molar-refractivity contribution is -0.0672. The van der Waals surface area contributed by atoms with Gasteiger partial charge in [-0.15, -0.1) is 11.3 Å². The Kier molecular flexibility index (Phi) is 5.04. The van der Waals surface area contributed by atoms with Gasteiger partial charge in [-0.1, -0.05) is 30.9 Å². The molecule has 1 atom stereocenters. The fraction of sp³-hybridized carbons (Fsp3) is 0.692. The molecule has 0 bridgehead atoms. The third-order valence-corrected chi connectivity index (χ3v) is 5.23. The van der Waals surface area contributed by atoms with Crippen LogP contribution in [0.5, 0.6) is 0 Å². The quantitative estimate of drug-likeness (QED) is 0.646. The third kappa shape index (κ3) is 3.06. The number of hydrazine groups is 1. The number of halogens is 1. The number of nitrogens with two attached hydrogens (primary N) is 1. The number of hydrogen-bond acceptors (Lipinski definition) is 4. The Morgan fingerprint density at radius 2 is 2.17 bits per heavy atom. The molecule has 3 nitrogen and oxygen atoms in total. The highest BCUT2D eigenvalue weighted by Gasteiger charge is 2.39. The summed E-state index contributed by atoms with van der Waals surface area (Å²) in [4.78, 5) is 1.25. The van der Waals surface area contributed by atoms with Crippen LogP contribution in [0.4, 0.5) is 0 Å². The first-order chi connectivity index (χ1) is 8.70. The largest absolute Gasteiger partial charge is 0.377 e. The zero-order chi connectivity index (χ0) is 13.0. The van der Waals surface area contributed by atoms with E-state index in [2.05, 4.69) is 11.5 Å². The van der Waals surface area contributed by atoms with E-state index in [4.69, 9.17) is 22.2 Å². The van der Waals surface area contributed by atoms with E-state index in [0.717, 1.165) is 23.6 Å². The highest BCUT2D eigenvalue weighted by molar-refractivity contribution is 7.16. The Balaban J connectivity index is 2.10. The molecule has 0 saturated heterocycles. The van der Waals surface area contributed by atoms with Crippen molar-refractivity contribution in [3.05, 3.63) is 21.3 Å². The van der Waals surface area contributed by atoms with E-state index in [1.807, 2.05) is 6.07 Å². The van der Waals surface area contributed by atoms with Crippen LogP contribution >= 0.6 is 22.9 Å². The van der Waals surface area contributed by atoms with Gasteiger partial charge in [0, 0.05) is 18.4 Å². The van der Waals surface area contributed by atoms with Crippen LogP contribution in [0.3, 0.4) is 0 Å². The molecule has 1 saturated carbocycles. The Hall–Kier alpha value is -0.130. The van der Waals surface area contributed by atoms with Crippen molar-refractivity contribution in [2.24, 2.45) is 5.84 Å². The first-order valence-electron chi connectivity index (χ1n) is 6.46. The third-order valence-electron chi connectivity index (χ3n) is 3.98. The first kappa shape index (κ1) is 14.3. The average Bonchev–Trinajstić information content (AvgIpc) is 2.82. The molecule has 2 rings (SSSR count). The maximum atomic E-state index is 5.98.